The quantitative estimate of drug-likeness (QED) is 0.553. The van der Waals surface area contributed by atoms with Crippen molar-refractivity contribution in [2.75, 3.05) is 33.3 Å². The molecule has 4 heterocycles. The van der Waals surface area contributed by atoms with Crippen LogP contribution in [0.25, 0.3) is 11.3 Å². The number of hydrogen-bond acceptors (Lipinski definition) is 8. The third-order valence-electron chi connectivity index (χ3n) is 6.30. The number of nitriles is 1. The minimum atomic E-state index is 0.108. The lowest BCUT2D eigenvalue weighted by Gasteiger charge is -2.37. The first kappa shape index (κ1) is 22.4. The standard InChI is InChI=1S/C26H28N6O2/c1-33-23-16-32(17-23)15-21-4-2-18(13-30-21)10-26-29-9-7-24(31-26)19-3-5-25(20(11-19)12-27)34-22-6-8-28-14-22/h2-5,7,9,11,13,22-23,28H,6,8,10,14-17H2,1H3/t22-/m1/s1. The van der Waals surface area contributed by atoms with E-state index >= 15 is 0 Å². The van der Waals surface area contributed by atoms with Crippen molar-refractivity contribution in [2.45, 2.75) is 31.6 Å². The summed E-state index contributed by atoms with van der Waals surface area (Å²) in [6.45, 7) is 4.51. The van der Waals surface area contributed by atoms with Gasteiger partial charge in [-0.15, -0.1) is 0 Å². The lowest BCUT2D eigenvalue weighted by molar-refractivity contribution is -0.0339. The molecule has 0 unspecified atom stereocenters. The summed E-state index contributed by atoms with van der Waals surface area (Å²) in [6, 6.07) is 13.9. The number of benzene rings is 1. The molecule has 0 aliphatic carbocycles. The van der Waals surface area contributed by atoms with Gasteiger partial charge in [0, 0.05) is 57.7 Å². The van der Waals surface area contributed by atoms with Crippen molar-refractivity contribution < 1.29 is 9.47 Å². The first-order valence-corrected chi connectivity index (χ1v) is 11.6. The van der Waals surface area contributed by atoms with Crippen LogP contribution in [0.3, 0.4) is 0 Å². The molecule has 8 heteroatoms. The van der Waals surface area contributed by atoms with Gasteiger partial charge in [-0.3, -0.25) is 9.88 Å². The van der Waals surface area contributed by atoms with E-state index in [4.69, 9.17) is 14.5 Å². The lowest BCUT2D eigenvalue weighted by Crippen LogP contribution is -2.51. The van der Waals surface area contributed by atoms with Crippen LogP contribution in [0.4, 0.5) is 0 Å². The number of rotatable bonds is 8. The Balaban J connectivity index is 1.25. The fourth-order valence-corrected chi connectivity index (χ4v) is 4.30. The zero-order valence-corrected chi connectivity index (χ0v) is 19.3. The van der Waals surface area contributed by atoms with E-state index in [1.54, 1.807) is 13.3 Å². The molecular weight excluding hydrogens is 428 g/mol. The first-order chi connectivity index (χ1) is 16.7. The highest BCUT2D eigenvalue weighted by molar-refractivity contribution is 5.64. The van der Waals surface area contributed by atoms with Crippen LogP contribution < -0.4 is 10.1 Å². The summed E-state index contributed by atoms with van der Waals surface area (Å²) in [6.07, 6.45) is 5.66. The zero-order valence-electron chi connectivity index (χ0n) is 19.3. The Morgan fingerprint density at radius 2 is 2.06 bits per heavy atom. The van der Waals surface area contributed by atoms with Gasteiger partial charge in [-0.25, -0.2) is 9.97 Å². The third-order valence-corrected chi connectivity index (χ3v) is 6.30. The van der Waals surface area contributed by atoms with Gasteiger partial charge < -0.3 is 14.8 Å². The molecule has 0 radical (unpaired) electrons. The van der Waals surface area contributed by atoms with Gasteiger partial charge in [0.15, 0.2) is 0 Å². The number of nitrogens with one attached hydrogen (secondary N) is 1. The highest BCUT2D eigenvalue weighted by atomic mass is 16.5. The molecule has 2 fully saturated rings. The molecule has 174 valence electrons. The van der Waals surface area contributed by atoms with Crippen LogP contribution in [0.1, 0.15) is 29.1 Å². The van der Waals surface area contributed by atoms with Gasteiger partial charge in [0.2, 0.25) is 0 Å². The Morgan fingerprint density at radius 1 is 1.15 bits per heavy atom. The number of hydrogen-bond donors (Lipinski definition) is 1. The summed E-state index contributed by atoms with van der Waals surface area (Å²) in [4.78, 5) is 16.1. The number of nitrogens with zero attached hydrogens (tertiary/aromatic N) is 5. The summed E-state index contributed by atoms with van der Waals surface area (Å²) < 4.78 is 11.3. The predicted octanol–water partition coefficient (Wildman–Crippen LogP) is 2.57. The highest BCUT2D eigenvalue weighted by Gasteiger charge is 2.26. The van der Waals surface area contributed by atoms with Gasteiger partial charge in [0.1, 0.15) is 23.7 Å². The molecule has 2 aliphatic rings. The van der Waals surface area contributed by atoms with Crippen LogP contribution in [0.15, 0.2) is 48.8 Å². The predicted molar refractivity (Wildman–Crippen MR) is 127 cm³/mol. The Labute approximate surface area is 199 Å². The maximum absolute atomic E-state index is 9.64. The summed E-state index contributed by atoms with van der Waals surface area (Å²) in [5, 5.41) is 12.9. The Bertz CT molecular complexity index is 1160. The number of pyridine rings is 1. The Morgan fingerprint density at radius 3 is 2.79 bits per heavy atom. The van der Waals surface area contributed by atoms with Gasteiger partial charge in [0.25, 0.3) is 0 Å². The van der Waals surface area contributed by atoms with Gasteiger partial charge in [-0.05, 0) is 48.9 Å². The van der Waals surface area contributed by atoms with E-state index in [1.165, 1.54) is 0 Å². The van der Waals surface area contributed by atoms with Crippen LogP contribution in [0, 0.1) is 11.3 Å². The molecule has 0 saturated carbocycles. The molecule has 0 spiro atoms. The van der Waals surface area contributed by atoms with Gasteiger partial charge >= 0.3 is 0 Å². The van der Waals surface area contributed by atoms with Crippen molar-refractivity contribution in [1.82, 2.24) is 25.2 Å². The largest absolute Gasteiger partial charge is 0.488 e. The maximum Gasteiger partial charge on any atom is 0.137 e. The van der Waals surface area contributed by atoms with E-state index in [0.29, 0.717) is 29.7 Å². The summed E-state index contributed by atoms with van der Waals surface area (Å²) in [5.74, 6) is 1.34. The average molecular weight is 457 g/mol. The smallest absolute Gasteiger partial charge is 0.137 e. The van der Waals surface area contributed by atoms with Gasteiger partial charge in [-0.2, -0.15) is 5.26 Å². The van der Waals surface area contributed by atoms with Crippen molar-refractivity contribution in [3.63, 3.8) is 0 Å². The van der Waals surface area contributed by atoms with E-state index in [2.05, 4.69) is 38.4 Å². The molecule has 1 aromatic carbocycles. The molecule has 2 saturated heterocycles. The number of methoxy groups -OCH3 is 1. The Kier molecular flexibility index (Phi) is 6.77. The normalized spacial score (nSPS) is 18.4. The molecule has 2 aromatic heterocycles. The van der Waals surface area contributed by atoms with Crippen molar-refractivity contribution in [3.05, 3.63) is 71.4 Å². The second kappa shape index (κ2) is 10.3. The SMILES string of the molecule is COC1CN(Cc2ccc(Cc3nccc(-c4ccc(O[C@@H]5CCNC5)c(C#N)c4)n3)cn2)C1. The highest BCUT2D eigenvalue weighted by Crippen LogP contribution is 2.27. The van der Waals surface area contributed by atoms with Crippen molar-refractivity contribution in [2.24, 2.45) is 0 Å². The van der Waals surface area contributed by atoms with Crippen molar-refractivity contribution in [1.29, 1.82) is 5.26 Å². The fraction of sp³-hybridized carbons (Fsp3) is 0.385. The van der Waals surface area contributed by atoms with Crippen LogP contribution >= 0.6 is 0 Å². The number of aromatic nitrogens is 3. The van der Waals surface area contributed by atoms with E-state index in [0.717, 1.165) is 61.7 Å². The maximum atomic E-state index is 9.64. The molecular formula is C26H28N6O2. The molecule has 2 aliphatic heterocycles. The minimum absolute atomic E-state index is 0.108. The first-order valence-electron chi connectivity index (χ1n) is 11.6. The van der Waals surface area contributed by atoms with Crippen LogP contribution in [-0.2, 0) is 17.7 Å². The monoisotopic (exact) mass is 456 g/mol. The summed E-state index contributed by atoms with van der Waals surface area (Å²) >= 11 is 0. The second-order valence-electron chi connectivity index (χ2n) is 8.80. The zero-order chi connectivity index (χ0) is 23.3. The van der Waals surface area contributed by atoms with E-state index in [9.17, 15) is 5.26 Å². The van der Waals surface area contributed by atoms with Crippen LogP contribution in [0.5, 0.6) is 5.75 Å². The van der Waals surface area contributed by atoms with E-state index in [1.807, 2.05) is 30.5 Å². The number of ether oxygens (including phenoxy) is 2. The lowest BCUT2D eigenvalue weighted by atomic mass is 10.1. The molecule has 1 N–H and O–H groups in total. The topological polar surface area (TPSA) is 96.2 Å². The number of likely N-dealkylation sites (tertiary alicyclic amines) is 1. The molecule has 0 bridgehead atoms. The Hall–Kier alpha value is -3.38. The van der Waals surface area contributed by atoms with E-state index < -0.39 is 0 Å². The van der Waals surface area contributed by atoms with E-state index in [-0.39, 0.29) is 6.10 Å². The summed E-state index contributed by atoms with van der Waals surface area (Å²) in [5.41, 5.74) is 4.28. The third kappa shape index (κ3) is 5.23. The molecule has 1 atom stereocenters. The summed E-state index contributed by atoms with van der Waals surface area (Å²) in [7, 11) is 1.76. The molecule has 34 heavy (non-hydrogen) atoms. The fourth-order valence-electron chi connectivity index (χ4n) is 4.30. The minimum Gasteiger partial charge on any atom is -0.488 e. The van der Waals surface area contributed by atoms with Crippen LogP contribution in [0.2, 0.25) is 0 Å². The average Bonchev–Trinajstić information content (AvgIpc) is 3.36. The van der Waals surface area contributed by atoms with Crippen molar-refractivity contribution in [3.8, 4) is 23.1 Å². The second-order valence-corrected chi connectivity index (χ2v) is 8.80. The molecule has 5 rings (SSSR count). The van der Waals surface area contributed by atoms with Crippen molar-refractivity contribution >= 4 is 0 Å². The molecule has 3 aromatic rings. The molecule has 0 amide bonds. The van der Waals surface area contributed by atoms with Gasteiger partial charge in [-0.1, -0.05) is 6.07 Å². The van der Waals surface area contributed by atoms with Gasteiger partial charge in [0.05, 0.1) is 23.1 Å². The van der Waals surface area contributed by atoms with Crippen LogP contribution in [-0.4, -0.2) is 65.3 Å². The molecule has 8 nitrogen and oxygen atoms in total.